The first kappa shape index (κ1) is 21.9. The van der Waals surface area contributed by atoms with Crippen LogP contribution in [0.2, 0.25) is 0 Å². The summed E-state index contributed by atoms with van der Waals surface area (Å²) in [6.07, 6.45) is 1.34. The van der Waals surface area contributed by atoms with Crippen molar-refractivity contribution in [2.24, 2.45) is 0 Å². The molecular weight excluding hydrogens is 406 g/mol. The third kappa shape index (κ3) is 5.03. The van der Waals surface area contributed by atoms with Gasteiger partial charge in [-0.25, -0.2) is 8.42 Å². The Balaban J connectivity index is 1.64. The summed E-state index contributed by atoms with van der Waals surface area (Å²) in [5.74, 6) is 1.24. The number of carbonyl (C=O) groups is 1. The van der Waals surface area contributed by atoms with Crippen LogP contribution in [0.5, 0.6) is 11.5 Å². The first-order valence-corrected chi connectivity index (χ1v) is 11.1. The van der Waals surface area contributed by atoms with Gasteiger partial charge in [-0.1, -0.05) is 0 Å². The summed E-state index contributed by atoms with van der Waals surface area (Å²) in [4.78, 5) is 11.3. The predicted octanol–water partition coefficient (Wildman–Crippen LogP) is 2.93. The molecule has 2 aromatic carbocycles. The summed E-state index contributed by atoms with van der Waals surface area (Å²) < 4.78 is 38.1. The minimum absolute atomic E-state index is 0.125. The molecule has 1 aliphatic heterocycles. The van der Waals surface area contributed by atoms with Gasteiger partial charge in [0.1, 0.15) is 11.5 Å². The van der Waals surface area contributed by atoms with Crippen LogP contribution in [0.1, 0.15) is 19.8 Å². The number of piperidine rings is 1. The number of anilines is 2. The number of carbonyl (C=O) groups excluding carboxylic acids is 1. The van der Waals surface area contributed by atoms with Crippen LogP contribution in [0, 0.1) is 0 Å². The number of hydrogen-bond acceptors (Lipinski definition) is 6. The van der Waals surface area contributed by atoms with E-state index in [2.05, 4.69) is 10.6 Å². The van der Waals surface area contributed by atoms with Gasteiger partial charge in [0.2, 0.25) is 15.9 Å². The van der Waals surface area contributed by atoms with E-state index < -0.39 is 10.0 Å². The van der Waals surface area contributed by atoms with Gasteiger partial charge in [-0.05, 0) is 49.2 Å². The summed E-state index contributed by atoms with van der Waals surface area (Å²) in [6.45, 7) is 2.24. The van der Waals surface area contributed by atoms with Crippen molar-refractivity contribution >= 4 is 27.3 Å². The van der Waals surface area contributed by atoms with Crippen molar-refractivity contribution in [1.29, 1.82) is 0 Å². The van der Waals surface area contributed by atoms with Gasteiger partial charge < -0.3 is 20.1 Å². The van der Waals surface area contributed by atoms with E-state index in [9.17, 15) is 13.2 Å². The van der Waals surface area contributed by atoms with Gasteiger partial charge in [0.15, 0.2) is 0 Å². The molecule has 0 bridgehead atoms. The van der Waals surface area contributed by atoms with Gasteiger partial charge in [0.05, 0.1) is 24.8 Å². The Kier molecular flexibility index (Phi) is 6.84. The van der Waals surface area contributed by atoms with Crippen LogP contribution in [-0.4, -0.2) is 52.0 Å². The number of methoxy groups -OCH3 is 2. The normalized spacial score (nSPS) is 15.4. The third-order valence-corrected chi connectivity index (χ3v) is 6.95. The Bertz CT molecular complexity index is 984. The van der Waals surface area contributed by atoms with E-state index in [4.69, 9.17) is 9.47 Å². The minimum atomic E-state index is -3.58. The van der Waals surface area contributed by atoms with Crippen LogP contribution >= 0.6 is 0 Å². The van der Waals surface area contributed by atoms with Crippen LogP contribution in [0.4, 0.5) is 11.4 Å². The number of sulfonamides is 1. The molecule has 0 atom stereocenters. The monoisotopic (exact) mass is 433 g/mol. The van der Waals surface area contributed by atoms with Gasteiger partial charge in [-0.2, -0.15) is 4.31 Å². The molecule has 2 N–H and O–H groups in total. The lowest BCUT2D eigenvalue weighted by molar-refractivity contribution is -0.114. The van der Waals surface area contributed by atoms with Crippen molar-refractivity contribution in [2.45, 2.75) is 30.7 Å². The highest BCUT2D eigenvalue weighted by molar-refractivity contribution is 7.89. The van der Waals surface area contributed by atoms with Crippen molar-refractivity contribution < 1.29 is 22.7 Å². The van der Waals surface area contributed by atoms with Gasteiger partial charge in [0, 0.05) is 37.8 Å². The second-order valence-electron chi connectivity index (χ2n) is 7.09. The maximum Gasteiger partial charge on any atom is 0.243 e. The lowest BCUT2D eigenvalue weighted by Gasteiger charge is -2.32. The summed E-state index contributed by atoms with van der Waals surface area (Å²) in [7, 11) is -0.360. The molecule has 3 rings (SSSR count). The standard InChI is InChI=1S/C21H27N3O5S/c1-15(25)22-16-4-7-19(8-5-16)30(26,27)24-12-10-17(11-13-24)23-20-14-18(28-2)6-9-21(20)29-3/h4-9,14,17,23H,10-13H2,1-3H3,(H,22,25). The van der Waals surface area contributed by atoms with E-state index in [-0.39, 0.29) is 16.8 Å². The molecule has 0 aromatic heterocycles. The number of benzene rings is 2. The van der Waals surface area contributed by atoms with Crippen LogP contribution in [0.3, 0.4) is 0 Å². The molecule has 162 valence electrons. The molecule has 8 nitrogen and oxygen atoms in total. The van der Waals surface area contributed by atoms with E-state index in [1.165, 1.54) is 23.4 Å². The average Bonchev–Trinajstić information content (AvgIpc) is 2.74. The van der Waals surface area contributed by atoms with Crippen LogP contribution in [0.25, 0.3) is 0 Å². The molecule has 1 amide bonds. The summed E-state index contributed by atoms with van der Waals surface area (Å²) in [5, 5.41) is 6.08. The first-order valence-electron chi connectivity index (χ1n) is 9.70. The highest BCUT2D eigenvalue weighted by Crippen LogP contribution is 2.31. The maximum atomic E-state index is 13.0. The molecule has 0 saturated carbocycles. The van der Waals surface area contributed by atoms with Crippen LogP contribution < -0.4 is 20.1 Å². The number of rotatable bonds is 7. The molecule has 1 saturated heterocycles. The minimum Gasteiger partial charge on any atom is -0.497 e. The van der Waals surface area contributed by atoms with E-state index in [0.29, 0.717) is 37.4 Å². The topological polar surface area (TPSA) is 97.0 Å². The van der Waals surface area contributed by atoms with Crippen molar-refractivity contribution in [3.05, 3.63) is 42.5 Å². The van der Waals surface area contributed by atoms with Gasteiger partial charge in [0.25, 0.3) is 0 Å². The first-order chi connectivity index (χ1) is 14.3. The summed E-state index contributed by atoms with van der Waals surface area (Å²) in [6, 6.07) is 11.9. The van der Waals surface area contributed by atoms with E-state index in [0.717, 1.165) is 11.4 Å². The predicted molar refractivity (Wildman–Crippen MR) is 116 cm³/mol. The SMILES string of the molecule is COc1ccc(OC)c(NC2CCN(S(=O)(=O)c3ccc(NC(C)=O)cc3)CC2)c1. The Hall–Kier alpha value is -2.78. The summed E-state index contributed by atoms with van der Waals surface area (Å²) in [5.41, 5.74) is 1.39. The zero-order valence-corrected chi connectivity index (χ0v) is 18.2. The molecule has 1 aliphatic rings. The highest BCUT2D eigenvalue weighted by Gasteiger charge is 2.29. The maximum absolute atomic E-state index is 13.0. The Morgan fingerprint density at radius 3 is 2.27 bits per heavy atom. The smallest absolute Gasteiger partial charge is 0.243 e. The number of hydrogen-bond donors (Lipinski definition) is 2. The van der Waals surface area contributed by atoms with Crippen LogP contribution in [-0.2, 0) is 14.8 Å². The fraction of sp³-hybridized carbons (Fsp3) is 0.381. The zero-order valence-electron chi connectivity index (χ0n) is 17.3. The van der Waals surface area contributed by atoms with Crippen LogP contribution in [0.15, 0.2) is 47.4 Å². The van der Waals surface area contributed by atoms with Gasteiger partial charge >= 0.3 is 0 Å². The average molecular weight is 434 g/mol. The van der Waals surface area contributed by atoms with Crippen molar-refractivity contribution in [2.75, 3.05) is 37.9 Å². The Morgan fingerprint density at radius 2 is 1.70 bits per heavy atom. The molecule has 30 heavy (non-hydrogen) atoms. The van der Waals surface area contributed by atoms with E-state index in [1.807, 2.05) is 18.2 Å². The zero-order chi connectivity index (χ0) is 21.7. The second-order valence-corrected chi connectivity index (χ2v) is 9.03. The van der Waals surface area contributed by atoms with Crippen molar-refractivity contribution in [3.63, 3.8) is 0 Å². The molecule has 2 aromatic rings. The largest absolute Gasteiger partial charge is 0.497 e. The Labute approximate surface area is 177 Å². The Morgan fingerprint density at radius 1 is 1.03 bits per heavy atom. The van der Waals surface area contributed by atoms with Crippen molar-refractivity contribution in [1.82, 2.24) is 4.31 Å². The third-order valence-electron chi connectivity index (χ3n) is 5.03. The number of amides is 1. The van der Waals surface area contributed by atoms with Gasteiger partial charge in [-0.3, -0.25) is 4.79 Å². The molecule has 9 heteroatoms. The van der Waals surface area contributed by atoms with E-state index >= 15 is 0 Å². The number of nitrogens with one attached hydrogen (secondary N) is 2. The molecular formula is C21H27N3O5S. The quantitative estimate of drug-likeness (QED) is 0.697. The van der Waals surface area contributed by atoms with Gasteiger partial charge in [-0.15, -0.1) is 0 Å². The number of ether oxygens (including phenoxy) is 2. The lowest BCUT2D eigenvalue weighted by atomic mass is 10.1. The second kappa shape index (κ2) is 9.36. The molecule has 0 radical (unpaired) electrons. The number of nitrogens with zero attached hydrogens (tertiary/aromatic N) is 1. The molecule has 1 fully saturated rings. The molecule has 1 heterocycles. The fourth-order valence-electron chi connectivity index (χ4n) is 3.45. The highest BCUT2D eigenvalue weighted by atomic mass is 32.2. The molecule has 0 unspecified atom stereocenters. The summed E-state index contributed by atoms with van der Waals surface area (Å²) >= 11 is 0. The van der Waals surface area contributed by atoms with Crippen molar-refractivity contribution in [3.8, 4) is 11.5 Å². The lowest BCUT2D eigenvalue weighted by Crippen LogP contribution is -2.42. The molecule has 0 spiro atoms. The molecule has 0 aliphatic carbocycles. The van der Waals surface area contributed by atoms with E-state index in [1.54, 1.807) is 26.4 Å². The fourth-order valence-corrected chi connectivity index (χ4v) is 4.92.